The molecule has 0 aliphatic carbocycles. The molecular weight excluding hydrogens is 358 g/mol. The van der Waals surface area contributed by atoms with Gasteiger partial charge in [-0.3, -0.25) is 9.59 Å². The first kappa shape index (κ1) is 19.4. The van der Waals surface area contributed by atoms with Crippen LogP contribution in [0.5, 0.6) is 0 Å². The van der Waals surface area contributed by atoms with Crippen molar-refractivity contribution in [2.45, 2.75) is 26.7 Å². The molecule has 6 nitrogen and oxygen atoms in total. The fourth-order valence-corrected chi connectivity index (χ4v) is 3.44. The van der Waals surface area contributed by atoms with Gasteiger partial charge in [0, 0.05) is 10.9 Å². The van der Waals surface area contributed by atoms with Crippen LogP contribution in [-0.4, -0.2) is 34.4 Å². The van der Waals surface area contributed by atoms with Crippen molar-refractivity contribution >= 4 is 28.6 Å². The molecule has 1 unspecified atom stereocenters. The van der Waals surface area contributed by atoms with Crippen LogP contribution in [0.15, 0.2) is 42.5 Å². The van der Waals surface area contributed by atoms with E-state index in [-0.39, 0.29) is 18.1 Å². The van der Waals surface area contributed by atoms with Crippen molar-refractivity contribution in [1.29, 1.82) is 0 Å². The third kappa shape index (κ3) is 3.41. The molecule has 0 saturated carbocycles. The van der Waals surface area contributed by atoms with Gasteiger partial charge in [0.05, 0.1) is 12.1 Å². The first-order valence-corrected chi connectivity index (χ1v) is 8.97. The first-order valence-electron chi connectivity index (χ1n) is 8.97. The predicted octanol–water partition coefficient (Wildman–Crippen LogP) is 4.08. The number of hydrogen-bond acceptors (Lipinski definition) is 4. The van der Waals surface area contributed by atoms with Crippen LogP contribution >= 0.6 is 0 Å². The molecule has 3 aromatic rings. The number of carboxylic acid groups (broad SMARTS) is 1. The summed E-state index contributed by atoms with van der Waals surface area (Å²) in [5.74, 6) is -3.22. The molecule has 3 rings (SSSR count). The standard InChI is InChI=1S/C22H21NO5/c1-4-28-22(27)19(13(3)24)15-9-10-16(14-8-6-5-7-12(14)2)20-17(15)11-18(23-20)21(25)26/h5-11,19,23H,4H2,1-3H3,(H,25,26). The highest BCUT2D eigenvalue weighted by atomic mass is 16.5. The van der Waals surface area contributed by atoms with Gasteiger partial charge in [-0.1, -0.05) is 36.4 Å². The molecular formula is C22H21NO5. The monoisotopic (exact) mass is 379 g/mol. The minimum absolute atomic E-state index is 0.0107. The van der Waals surface area contributed by atoms with Crippen molar-refractivity contribution in [1.82, 2.24) is 4.98 Å². The number of carbonyl (C=O) groups is 3. The van der Waals surface area contributed by atoms with Crippen molar-refractivity contribution in [3.63, 3.8) is 0 Å². The molecule has 1 atom stereocenters. The van der Waals surface area contributed by atoms with Crippen molar-refractivity contribution in [2.75, 3.05) is 6.61 Å². The lowest BCUT2D eigenvalue weighted by Crippen LogP contribution is -2.22. The van der Waals surface area contributed by atoms with Crippen molar-refractivity contribution in [2.24, 2.45) is 0 Å². The molecule has 0 saturated heterocycles. The number of Topliss-reactive ketones (excluding diaryl/α,β-unsaturated/α-hetero) is 1. The molecule has 6 heteroatoms. The largest absolute Gasteiger partial charge is 0.477 e. The van der Waals surface area contributed by atoms with Crippen LogP contribution in [0.25, 0.3) is 22.0 Å². The topological polar surface area (TPSA) is 96.5 Å². The number of aromatic nitrogens is 1. The third-order valence-electron chi connectivity index (χ3n) is 4.73. The van der Waals surface area contributed by atoms with Crippen LogP contribution in [0, 0.1) is 6.92 Å². The lowest BCUT2D eigenvalue weighted by molar-refractivity contribution is -0.147. The number of esters is 1. The van der Waals surface area contributed by atoms with Gasteiger partial charge in [0.2, 0.25) is 0 Å². The van der Waals surface area contributed by atoms with E-state index in [0.717, 1.165) is 16.7 Å². The fourth-order valence-electron chi connectivity index (χ4n) is 3.44. The number of aromatic amines is 1. The molecule has 1 heterocycles. The Kier molecular flexibility index (Phi) is 5.31. The van der Waals surface area contributed by atoms with Crippen LogP contribution in [0.2, 0.25) is 0 Å². The number of hydrogen-bond donors (Lipinski definition) is 2. The Morgan fingerprint density at radius 2 is 1.82 bits per heavy atom. The van der Waals surface area contributed by atoms with E-state index >= 15 is 0 Å². The number of aryl methyl sites for hydroxylation is 1. The minimum atomic E-state index is -1.12. The van der Waals surface area contributed by atoms with Gasteiger partial charge in [-0.25, -0.2) is 4.79 Å². The van der Waals surface area contributed by atoms with Crippen molar-refractivity contribution < 1.29 is 24.2 Å². The molecule has 1 aromatic heterocycles. The summed E-state index contributed by atoms with van der Waals surface area (Å²) < 4.78 is 5.07. The Bertz CT molecular complexity index is 1080. The van der Waals surface area contributed by atoms with E-state index in [1.54, 1.807) is 19.1 Å². The highest BCUT2D eigenvalue weighted by Crippen LogP contribution is 2.36. The second-order valence-electron chi connectivity index (χ2n) is 6.59. The lowest BCUT2D eigenvalue weighted by atomic mass is 9.89. The highest BCUT2D eigenvalue weighted by molar-refractivity contribution is 6.09. The smallest absolute Gasteiger partial charge is 0.352 e. The van der Waals surface area contributed by atoms with Gasteiger partial charge < -0.3 is 14.8 Å². The van der Waals surface area contributed by atoms with Gasteiger partial charge in [0.25, 0.3) is 0 Å². The molecule has 28 heavy (non-hydrogen) atoms. The third-order valence-corrected chi connectivity index (χ3v) is 4.73. The van der Waals surface area contributed by atoms with E-state index in [9.17, 15) is 19.5 Å². The molecule has 0 bridgehead atoms. The number of carboxylic acids is 1. The number of nitrogens with one attached hydrogen (secondary N) is 1. The maximum atomic E-state index is 12.4. The zero-order valence-corrected chi connectivity index (χ0v) is 15.9. The van der Waals surface area contributed by atoms with Crippen LogP contribution < -0.4 is 0 Å². The Morgan fingerprint density at radius 1 is 1.11 bits per heavy atom. The average Bonchev–Trinajstić information content (AvgIpc) is 3.09. The van der Waals surface area contributed by atoms with E-state index in [4.69, 9.17) is 4.74 Å². The van der Waals surface area contributed by atoms with Gasteiger partial charge in [-0.05, 0) is 43.5 Å². The van der Waals surface area contributed by atoms with Crippen LogP contribution in [0.3, 0.4) is 0 Å². The Balaban J connectivity index is 2.30. The maximum absolute atomic E-state index is 12.4. The summed E-state index contributed by atoms with van der Waals surface area (Å²) in [6.07, 6.45) is 0. The molecule has 0 radical (unpaired) electrons. The summed E-state index contributed by atoms with van der Waals surface area (Å²) in [7, 11) is 0. The first-order chi connectivity index (χ1) is 13.3. The molecule has 0 spiro atoms. The predicted molar refractivity (Wildman–Crippen MR) is 105 cm³/mol. The van der Waals surface area contributed by atoms with E-state index < -0.39 is 17.9 Å². The maximum Gasteiger partial charge on any atom is 0.352 e. The van der Waals surface area contributed by atoms with Gasteiger partial charge >= 0.3 is 11.9 Å². The van der Waals surface area contributed by atoms with E-state index in [1.165, 1.54) is 13.0 Å². The minimum Gasteiger partial charge on any atom is -0.477 e. The highest BCUT2D eigenvalue weighted by Gasteiger charge is 2.30. The summed E-state index contributed by atoms with van der Waals surface area (Å²) in [4.78, 5) is 39.1. The summed E-state index contributed by atoms with van der Waals surface area (Å²) >= 11 is 0. The number of benzene rings is 2. The molecule has 0 aliphatic heterocycles. The second-order valence-corrected chi connectivity index (χ2v) is 6.59. The summed E-state index contributed by atoms with van der Waals surface area (Å²) in [5.41, 5.74) is 3.76. The second kappa shape index (κ2) is 7.68. The van der Waals surface area contributed by atoms with Gasteiger partial charge in [-0.15, -0.1) is 0 Å². The molecule has 2 N–H and O–H groups in total. The van der Waals surface area contributed by atoms with Gasteiger partial charge in [-0.2, -0.15) is 0 Å². The van der Waals surface area contributed by atoms with Crippen molar-refractivity contribution in [3.05, 3.63) is 59.3 Å². The SMILES string of the molecule is CCOC(=O)C(C(C)=O)c1ccc(-c2ccccc2C)c2[nH]c(C(=O)O)cc12. The number of ether oxygens (including phenoxy) is 1. The number of fused-ring (bicyclic) bond motifs is 1. The summed E-state index contributed by atoms with van der Waals surface area (Å²) in [6.45, 7) is 5.12. The number of carbonyl (C=O) groups excluding carboxylic acids is 2. The number of rotatable bonds is 6. The van der Waals surface area contributed by atoms with E-state index in [1.807, 2.05) is 31.2 Å². The summed E-state index contributed by atoms with van der Waals surface area (Å²) in [5, 5.41) is 9.96. The number of H-pyrrole nitrogens is 1. The van der Waals surface area contributed by atoms with Crippen LogP contribution in [-0.2, 0) is 14.3 Å². The van der Waals surface area contributed by atoms with Crippen LogP contribution in [0.1, 0.15) is 41.4 Å². The van der Waals surface area contributed by atoms with Gasteiger partial charge in [0.15, 0.2) is 0 Å². The van der Waals surface area contributed by atoms with Crippen LogP contribution in [0.4, 0.5) is 0 Å². The van der Waals surface area contributed by atoms with E-state index in [0.29, 0.717) is 16.5 Å². The fraction of sp³-hybridized carbons (Fsp3) is 0.227. The molecule has 0 amide bonds. The molecule has 144 valence electrons. The number of aromatic carboxylic acids is 1. The molecule has 0 fully saturated rings. The van der Waals surface area contributed by atoms with E-state index in [2.05, 4.69) is 4.98 Å². The normalized spacial score (nSPS) is 12.0. The Hall–Kier alpha value is -3.41. The quantitative estimate of drug-likeness (QED) is 0.497. The molecule has 2 aromatic carbocycles. The Labute approximate surface area is 162 Å². The zero-order valence-electron chi connectivity index (χ0n) is 15.9. The summed E-state index contributed by atoms with van der Waals surface area (Å²) in [6, 6.07) is 12.7. The van der Waals surface area contributed by atoms with Gasteiger partial charge in [0.1, 0.15) is 17.4 Å². The number of ketones is 1. The average molecular weight is 379 g/mol. The van der Waals surface area contributed by atoms with Crippen molar-refractivity contribution in [3.8, 4) is 11.1 Å². The zero-order chi connectivity index (χ0) is 20.4. The molecule has 0 aliphatic rings. The Morgan fingerprint density at radius 3 is 2.43 bits per heavy atom. The lowest BCUT2D eigenvalue weighted by Gasteiger charge is -2.16.